The summed E-state index contributed by atoms with van der Waals surface area (Å²) >= 11 is 0. The van der Waals surface area contributed by atoms with Gasteiger partial charge in [0.1, 0.15) is 5.82 Å². The quantitative estimate of drug-likeness (QED) is 0.844. The molecule has 2 aliphatic heterocycles. The van der Waals surface area contributed by atoms with E-state index in [9.17, 15) is 14.0 Å². The first-order valence-electron chi connectivity index (χ1n) is 6.91. The van der Waals surface area contributed by atoms with Gasteiger partial charge < -0.3 is 10.2 Å². The maximum absolute atomic E-state index is 14.2. The highest BCUT2D eigenvalue weighted by Crippen LogP contribution is 2.35. The first kappa shape index (κ1) is 13.1. The number of halogens is 1. The zero-order valence-electron chi connectivity index (χ0n) is 11.6. The van der Waals surface area contributed by atoms with Gasteiger partial charge in [0, 0.05) is 13.1 Å². The summed E-state index contributed by atoms with van der Waals surface area (Å²) in [5.74, 6) is -0.652. The van der Waals surface area contributed by atoms with Gasteiger partial charge in [-0.3, -0.25) is 9.59 Å². The summed E-state index contributed by atoms with van der Waals surface area (Å²) in [7, 11) is 0. The van der Waals surface area contributed by atoms with E-state index in [2.05, 4.69) is 19.2 Å². The van der Waals surface area contributed by atoms with Crippen LogP contribution < -0.4 is 10.2 Å². The van der Waals surface area contributed by atoms with Crippen molar-refractivity contribution in [2.75, 3.05) is 23.3 Å². The molecule has 0 bridgehead atoms. The van der Waals surface area contributed by atoms with Gasteiger partial charge in [-0.1, -0.05) is 13.8 Å². The third-order valence-corrected chi connectivity index (χ3v) is 4.29. The van der Waals surface area contributed by atoms with E-state index >= 15 is 0 Å². The first-order valence-corrected chi connectivity index (χ1v) is 6.91. The molecule has 1 amide bonds. The van der Waals surface area contributed by atoms with Gasteiger partial charge in [-0.25, -0.2) is 4.39 Å². The molecule has 1 atom stereocenters. The van der Waals surface area contributed by atoms with Crippen LogP contribution in [-0.2, 0) is 4.79 Å². The number of fused-ring (bicyclic) bond motifs is 1. The molecule has 1 unspecified atom stereocenters. The van der Waals surface area contributed by atoms with Crippen molar-refractivity contribution in [1.82, 2.24) is 0 Å². The lowest BCUT2D eigenvalue weighted by molar-refractivity contribution is -0.112. The zero-order chi connectivity index (χ0) is 14.4. The Morgan fingerprint density at radius 2 is 2.10 bits per heavy atom. The lowest BCUT2D eigenvalue weighted by Crippen LogP contribution is -2.22. The predicted octanol–water partition coefficient (Wildman–Crippen LogP) is 2.44. The van der Waals surface area contributed by atoms with Crippen molar-refractivity contribution >= 4 is 23.1 Å². The van der Waals surface area contributed by atoms with Crippen LogP contribution in [0.1, 0.15) is 30.6 Å². The number of nitrogens with one attached hydrogen (secondary N) is 1. The fourth-order valence-corrected chi connectivity index (χ4v) is 2.95. The fraction of sp³-hybridized carbons (Fsp3) is 0.467. The predicted molar refractivity (Wildman–Crippen MR) is 74.5 cm³/mol. The van der Waals surface area contributed by atoms with Crippen LogP contribution in [0.15, 0.2) is 12.1 Å². The summed E-state index contributed by atoms with van der Waals surface area (Å²) in [6.07, 6.45) is 1.04. The standard InChI is InChI=1S/C15H17FN2O2/c1-8(2)9-3-4-18(7-9)13-6-12-10(5-11(13)16)14(19)15(20)17-12/h5-6,8-9H,3-4,7H2,1-2H3,(H,17,19,20). The molecule has 2 heterocycles. The van der Waals surface area contributed by atoms with Gasteiger partial charge in [0.05, 0.1) is 16.9 Å². The number of amides is 1. The van der Waals surface area contributed by atoms with Crippen LogP contribution in [0.25, 0.3) is 0 Å². The summed E-state index contributed by atoms with van der Waals surface area (Å²) in [5, 5.41) is 2.49. The highest BCUT2D eigenvalue weighted by molar-refractivity contribution is 6.51. The van der Waals surface area contributed by atoms with E-state index in [0.717, 1.165) is 19.5 Å². The second-order valence-electron chi connectivity index (χ2n) is 5.87. The van der Waals surface area contributed by atoms with E-state index in [4.69, 9.17) is 0 Å². The molecule has 0 saturated carbocycles. The van der Waals surface area contributed by atoms with Crippen molar-refractivity contribution in [2.45, 2.75) is 20.3 Å². The highest BCUT2D eigenvalue weighted by Gasteiger charge is 2.32. The first-order chi connectivity index (χ1) is 9.47. The zero-order valence-corrected chi connectivity index (χ0v) is 11.6. The van der Waals surface area contributed by atoms with Crippen LogP contribution in [0.4, 0.5) is 15.8 Å². The lowest BCUT2D eigenvalue weighted by Gasteiger charge is -2.21. The summed E-state index contributed by atoms with van der Waals surface area (Å²) < 4.78 is 14.2. The Morgan fingerprint density at radius 1 is 1.35 bits per heavy atom. The molecule has 3 rings (SSSR count). The molecule has 0 spiro atoms. The van der Waals surface area contributed by atoms with Crippen LogP contribution in [0.5, 0.6) is 0 Å². The van der Waals surface area contributed by atoms with Crippen molar-refractivity contribution in [3.05, 3.63) is 23.5 Å². The second kappa shape index (κ2) is 4.58. The Morgan fingerprint density at radius 3 is 2.75 bits per heavy atom. The number of hydrogen-bond donors (Lipinski definition) is 1. The molecule has 4 nitrogen and oxygen atoms in total. The highest BCUT2D eigenvalue weighted by atomic mass is 19.1. The van der Waals surface area contributed by atoms with Crippen LogP contribution >= 0.6 is 0 Å². The van der Waals surface area contributed by atoms with E-state index in [0.29, 0.717) is 23.2 Å². The third-order valence-electron chi connectivity index (χ3n) is 4.29. The second-order valence-corrected chi connectivity index (χ2v) is 5.87. The molecule has 1 aromatic rings. The number of hydrogen-bond acceptors (Lipinski definition) is 3. The van der Waals surface area contributed by atoms with E-state index in [1.165, 1.54) is 6.07 Å². The van der Waals surface area contributed by atoms with Gasteiger partial charge >= 0.3 is 0 Å². The van der Waals surface area contributed by atoms with E-state index in [-0.39, 0.29) is 5.56 Å². The third kappa shape index (κ3) is 1.97. The number of nitrogens with zero attached hydrogens (tertiary/aromatic N) is 1. The SMILES string of the molecule is CC(C)C1CCN(c2cc3c(cc2F)C(=O)C(=O)N3)C1. The molecular formula is C15H17FN2O2. The molecule has 1 fully saturated rings. The number of benzene rings is 1. The maximum atomic E-state index is 14.2. The van der Waals surface area contributed by atoms with Gasteiger partial charge in [0.15, 0.2) is 0 Å². The Labute approximate surface area is 117 Å². The minimum absolute atomic E-state index is 0.135. The number of Topliss-reactive ketones (excluding diaryl/α,β-unsaturated/α-hetero) is 1. The molecule has 1 saturated heterocycles. The molecule has 5 heteroatoms. The molecule has 106 valence electrons. The fourth-order valence-electron chi connectivity index (χ4n) is 2.95. The molecule has 0 radical (unpaired) electrons. The Bertz CT molecular complexity index is 598. The largest absolute Gasteiger partial charge is 0.369 e. The molecule has 20 heavy (non-hydrogen) atoms. The van der Waals surface area contributed by atoms with E-state index in [1.807, 2.05) is 4.90 Å². The van der Waals surface area contributed by atoms with Crippen LogP contribution in [0.3, 0.4) is 0 Å². The van der Waals surface area contributed by atoms with Crippen molar-refractivity contribution in [2.24, 2.45) is 11.8 Å². The van der Waals surface area contributed by atoms with Crippen molar-refractivity contribution < 1.29 is 14.0 Å². The molecule has 1 N–H and O–H groups in total. The Kier molecular flexibility index (Phi) is 3.00. The molecule has 0 aromatic heterocycles. The number of rotatable bonds is 2. The number of anilines is 2. The van der Waals surface area contributed by atoms with Gasteiger partial charge in [-0.05, 0) is 30.4 Å². The Balaban J connectivity index is 1.91. The number of ketones is 1. The average Bonchev–Trinajstić information content (AvgIpc) is 2.97. The smallest absolute Gasteiger partial charge is 0.296 e. The lowest BCUT2D eigenvalue weighted by atomic mass is 9.95. The summed E-state index contributed by atoms with van der Waals surface area (Å²) in [6.45, 7) is 5.97. The number of carbonyl (C=O) groups excluding carboxylic acids is 2. The maximum Gasteiger partial charge on any atom is 0.296 e. The van der Waals surface area contributed by atoms with Gasteiger partial charge in [0.25, 0.3) is 11.7 Å². The molecule has 0 aliphatic carbocycles. The summed E-state index contributed by atoms with van der Waals surface area (Å²) in [6, 6.07) is 2.75. The van der Waals surface area contributed by atoms with E-state index < -0.39 is 17.5 Å². The molecule has 1 aromatic carbocycles. The van der Waals surface area contributed by atoms with Gasteiger partial charge in [-0.2, -0.15) is 0 Å². The van der Waals surface area contributed by atoms with Gasteiger partial charge in [-0.15, -0.1) is 0 Å². The Hall–Kier alpha value is -1.91. The molecule has 2 aliphatic rings. The normalized spacial score (nSPS) is 21.6. The monoisotopic (exact) mass is 276 g/mol. The minimum atomic E-state index is -0.682. The van der Waals surface area contributed by atoms with Gasteiger partial charge in [0.2, 0.25) is 0 Å². The van der Waals surface area contributed by atoms with Crippen molar-refractivity contribution in [1.29, 1.82) is 0 Å². The van der Waals surface area contributed by atoms with Crippen LogP contribution in [-0.4, -0.2) is 24.8 Å². The van der Waals surface area contributed by atoms with Crippen LogP contribution in [0.2, 0.25) is 0 Å². The molecular weight excluding hydrogens is 259 g/mol. The minimum Gasteiger partial charge on any atom is -0.369 e. The van der Waals surface area contributed by atoms with Crippen molar-refractivity contribution in [3.8, 4) is 0 Å². The van der Waals surface area contributed by atoms with Crippen molar-refractivity contribution in [3.63, 3.8) is 0 Å². The van der Waals surface area contributed by atoms with E-state index in [1.54, 1.807) is 6.07 Å². The summed E-state index contributed by atoms with van der Waals surface area (Å²) in [4.78, 5) is 24.8. The summed E-state index contributed by atoms with van der Waals surface area (Å²) in [5.41, 5.74) is 1.03. The average molecular weight is 276 g/mol. The number of carbonyl (C=O) groups is 2. The topological polar surface area (TPSA) is 49.4 Å². The van der Waals surface area contributed by atoms with Crippen LogP contribution in [0, 0.1) is 17.7 Å².